The van der Waals surface area contributed by atoms with E-state index in [-0.39, 0.29) is 37.7 Å². The maximum absolute atomic E-state index is 3.30. The molecule has 0 fully saturated rings. The van der Waals surface area contributed by atoms with Gasteiger partial charge in [-0.3, -0.25) is 0 Å². The number of rotatable bonds is 5. The SMILES string of the molecule is [Li+].[Li+].[c-]1ccccc1CN(Cc1[c-]cccc1)c1ccccc1. The second-order valence-electron chi connectivity index (χ2n) is 4.97. The molecule has 1 nitrogen and oxygen atoms in total. The van der Waals surface area contributed by atoms with E-state index in [4.69, 9.17) is 0 Å². The standard InChI is InChI=1S/C20H17N.2Li/c1-4-10-18(11-5-1)16-21(20-14-8-3-9-15-20)17-19-12-6-2-7-13-19;;/h1-10,12,14-15H,16-17H2;;/q-2;2*+1. The van der Waals surface area contributed by atoms with Crippen LogP contribution >= 0.6 is 0 Å². The molecule has 3 rings (SSSR count). The number of hydrogen-bond acceptors (Lipinski definition) is 1. The quantitative estimate of drug-likeness (QED) is 0.407. The van der Waals surface area contributed by atoms with Crippen LogP contribution in [-0.2, 0) is 13.1 Å². The maximum Gasteiger partial charge on any atom is 1.00 e. The molecule has 0 radical (unpaired) electrons. The average molecular weight is 285 g/mol. The fourth-order valence-corrected chi connectivity index (χ4v) is 2.35. The van der Waals surface area contributed by atoms with E-state index in [0.29, 0.717) is 0 Å². The zero-order valence-electron chi connectivity index (χ0n) is 13.9. The van der Waals surface area contributed by atoms with Gasteiger partial charge in [0.15, 0.2) is 0 Å². The summed E-state index contributed by atoms with van der Waals surface area (Å²) in [5, 5.41) is 0. The summed E-state index contributed by atoms with van der Waals surface area (Å²) in [6.07, 6.45) is 0. The van der Waals surface area contributed by atoms with Crippen molar-refractivity contribution in [3.8, 4) is 0 Å². The van der Waals surface area contributed by atoms with Crippen molar-refractivity contribution in [2.75, 3.05) is 4.90 Å². The third kappa shape index (κ3) is 5.99. The van der Waals surface area contributed by atoms with E-state index in [1.54, 1.807) is 0 Å². The second kappa shape index (κ2) is 10.4. The van der Waals surface area contributed by atoms with Gasteiger partial charge in [0, 0.05) is 18.8 Å². The first-order valence-corrected chi connectivity index (χ1v) is 7.13. The molecule has 23 heavy (non-hydrogen) atoms. The van der Waals surface area contributed by atoms with Crippen LogP contribution in [0.25, 0.3) is 0 Å². The van der Waals surface area contributed by atoms with Crippen LogP contribution in [0.2, 0.25) is 0 Å². The summed E-state index contributed by atoms with van der Waals surface area (Å²) in [6, 6.07) is 33.4. The van der Waals surface area contributed by atoms with E-state index in [2.05, 4.69) is 65.6 Å². The second-order valence-corrected chi connectivity index (χ2v) is 4.97. The van der Waals surface area contributed by atoms with E-state index < -0.39 is 0 Å². The predicted molar refractivity (Wildman–Crippen MR) is 86.9 cm³/mol. The molecule has 0 unspecified atom stereocenters. The summed E-state index contributed by atoms with van der Waals surface area (Å²) < 4.78 is 0. The van der Waals surface area contributed by atoms with Crippen molar-refractivity contribution in [3.63, 3.8) is 0 Å². The first kappa shape index (κ1) is 19.7. The van der Waals surface area contributed by atoms with Crippen LogP contribution in [0.5, 0.6) is 0 Å². The van der Waals surface area contributed by atoms with Crippen molar-refractivity contribution in [3.05, 3.63) is 102 Å². The Kier molecular flexibility index (Phi) is 8.94. The van der Waals surface area contributed by atoms with Gasteiger partial charge in [-0.15, -0.1) is 11.1 Å². The molecule has 0 aliphatic rings. The van der Waals surface area contributed by atoms with Gasteiger partial charge in [0.2, 0.25) is 0 Å². The van der Waals surface area contributed by atoms with Crippen molar-refractivity contribution in [1.82, 2.24) is 0 Å². The van der Waals surface area contributed by atoms with Gasteiger partial charge in [-0.1, -0.05) is 18.2 Å². The smallest absolute Gasteiger partial charge is 0.367 e. The Morgan fingerprint density at radius 1 is 0.609 bits per heavy atom. The third-order valence-electron chi connectivity index (χ3n) is 3.39. The minimum Gasteiger partial charge on any atom is -0.367 e. The molecule has 0 spiro atoms. The molecular formula is C20H17Li2N. The van der Waals surface area contributed by atoms with E-state index in [1.165, 1.54) is 16.8 Å². The molecule has 3 aromatic carbocycles. The summed E-state index contributed by atoms with van der Waals surface area (Å²) in [5.41, 5.74) is 3.60. The van der Waals surface area contributed by atoms with Gasteiger partial charge in [-0.05, 0) is 12.1 Å². The molecule has 3 aromatic rings. The topological polar surface area (TPSA) is 3.24 Å². The molecule has 0 heterocycles. The van der Waals surface area contributed by atoms with E-state index in [1.807, 2.05) is 30.3 Å². The van der Waals surface area contributed by atoms with Gasteiger partial charge in [-0.2, -0.15) is 60.7 Å². The molecule has 0 aliphatic carbocycles. The number of para-hydroxylation sites is 1. The fraction of sp³-hybridized carbons (Fsp3) is 0.100. The van der Waals surface area contributed by atoms with Gasteiger partial charge < -0.3 is 4.90 Å². The van der Waals surface area contributed by atoms with Crippen molar-refractivity contribution in [2.45, 2.75) is 13.1 Å². The first-order chi connectivity index (χ1) is 10.4. The van der Waals surface area contributed by atoms with Crippen LogP contribution in [0.1, 0.15) is 11.1 Å². The Morgan fingerprint density at radius 3 is 1.52 bits per heavy atom. The van der Waals surface area contributed by atoms with Crippen LogP contribution < -0.4 is 42.6 Å². The normalized spacial score (nSPS) is 9.39. The Labute approximate surface area is 163 Å². The van der Waals surface area contributed by atoms with Crippen LogP contribution in [-0.4, -0.2) is 0 Å². The largest absolute Gasteiger partial charge is 1.00 e. The Morgan fingerprint density at radius 2 is 1.09 bits per heavy atom. The molecule has 104 valence electrons. The van der Waals surface area contributed by atoms with Crippen LogP contribution in [0.4, 0.5) is 5.69 Å². The third-order valence-corrected chi connectivity index (χ3v) is 3.39. The monoisotopic (exact) mass is 285 g/mol. The Balaban J connectivity index is 0.00000132. The molecule has 3 heteroatoms. The van der Waals surface area contributed by atoms with Gasteiger partial charge in [0.05, 0.1) is 0 Å². The van der Waals surface area contributed by atoms with E-state index in [9.17, 15) is 0 Å². The zero-order chi connectivity index (χ0) is 14.3. The minimum atomic E-state index is 0. The van der Waals surface area contributed by atoms with Crippen molar-refractivity contribution in [2.24, 2.45) is 0 Å². The summed E-state index contributed by atoms with van der Waals surface area (Å²) in [4.78, 5) is 2.34. The molecule has 0 saturated carbocycles. The summed E-state index contributed by atoms with van der Waals surface area (Å²) >= 11 is 0. The minimum absolute atomic E-state index is 0. The van der Waals surface area contributed by atoms with Gasteiger partial charge in [0.25, 0.3) is 0 Å². The van der Waals surface area contributed by atoms with Crippen molar-refractivity contribution >= 4 is 5.69 Å². The van der Waals surface area contributed by atoms with E-state index in [0.717, 1.165) is 13.1 Å². The molecule has 0 aliphatic heterocycles. The number of benzene rings is 3. The molecule has 0 amide bonds. The van der Waals surface area contributed by atoms with Crippen LogP contribution in [0, 0.1) is 12.1 Å². The van der Waals surface area contributed by atoms with Gasteiger partial charge >= 0.3 is 37.7 Å². The van der Waals surface area contributed by atoms with Gasteiger partial charge in [-0.25, -0.2) is 0 Å². The van der Waals surface area contributed by atoms with Crippen molar-refractivity contribution in [1.29, 1.82) is 0 Å². The molecule has 0 saturated heterocycles. The Hall–Kier alpha value is -1.35. The first-order valence-electron chi connectivity index (χ1n) is 7.13. The Bertz CT molecular complexity index is 615. The fourth-order valence-electron chi connectivity index (χ4n) is 2.35. The molecule has 0 N–H and O–H groups in total. The number of nitrogens with zero attached hydrogens (tertiary/aromatic N) is 1. The van der Waals surface area contributed by atoms with Crippen molar-refractivity contribution < 1.29 is 37.7 Å². The average Bonchev–Trinajstić information content (AvgIpc) is 2.57. The van der Waals surface area contributed by atoms with Crippen LogP contribution in [0.15, 0.2) is 78.9 Å². The predicted octanol–water partition coefficient (Wildman–Crippen LogP) is -1.50. The number of hydrogen-bond donors (Lipinski definition) is 0. The summed E-state index contributed by atoms with van der Waals surface area (Å²) in [6.45, 7) is 1.68. The van der Waals surface area contributed by atoms with E-state index >= 15 is 0 Å². The molecule has 0 aromatic heterocycles. The maximum atomic E-state index is 3.30. The molecule has 0 bridgehead atoms. The zero-order valence-corrected chi connectivity index (χ0v) is 13.9. The van der Waals surface area contributed by atoms with Crippen LogP contribution in [0.3, 0.4) is 0 Å². The van der Waals surface area contributed by atoms with Gasteiger partial charge in [0.1, 0.15) is 0 Å². The number of anilines is 1. The summed E-state index contributed by atoms with van der Waals surface area (Å²) in [7, 11) is 0. The summed E-state index contributed by atoms with van der Waals surface area (Å²) in [5.74, 6) is 0. The molecule has 0 atom stereocenters. The molecular weight excluding hydrogens is 268 g/mol.